The molecule has 0 aliphatic heterocycles. The number of carbonyl (C=O) groups is 2. The van der Waals surface area contributed by atoms with Crippen molar-refractivity contribution >= 4 is 11.8 Å². The molecule has 1 aromatic carbocycles. The molecular weight excluding hydrogens is 242 g/mol. The number of pyridine rings is 1. The molecule has 0 bridgehead atoms. The Labute approximate surface area is 110 Å². The number of benzene rings is 1. The largest absolute Gasteiger partial charge is 0.364 e. The van der Waals surface area contributed by atoms with Crippen LogP contribution in [0.25, 0.3) is 0 Å². The van der Waals surface area contributed by atoms with E-state index in [-0.39, 0.29) is 11.4 Å². The minimum Gasteiger partial charge on any atom is -0.364 e. The molecule has 0 fully saturated rings. The number of rotatable bonds is 4. The maximum absolute atomic E-state index is 11.4. The zero-order valence-corrected chi connectivity index (χ0v) is 10.2. The van der Waals surface area contributed by atoms with Crippen molar-refractivity contribution in [2.45, 2.75) is 6.42 Å². The van der Waals surface area contributed by atoms with Gasteiger partial charge in [-0.1, -0.05) is 36.4 Å². The number of nitrogens with two attached hydrogens (primary N) is 2. The van der Waals surface area contributed by atoms with Crippen LogP contribution in [0.2, 0.25) is 0 Å². The Balaban J connectivity index is 2.40. The first-order chi connectivity index (χ1) is 9.08. The van der Waals surface area contributed by atoms with Gasteiger partial charge in [0.2, 0.25) is 0 Å². The van der Waals surface area contributed by atoms with Crippen LogP contribution < -0.4 is 11.5 Å². The van der Waals surface area contributed by atoms with Crippen molar-refractivity contribution in [2.24, 2.45) is 11.5 Å². The van der Waals surface area contributed by atoms with E-state index in [9.17, 15) is 9.59 Å². The molecule has 0 aliphatic rings. The zero-order valence-electron chi connectivity index (χ0n) is 10.2. The molecule has 0 aliphatic carbocycles. The summed E-state index contributed by atoms with van der Waals surface area (Å²) in [6.45, 7) is 0. The molecule has 0 saturated carbocycles. The fraction of sp³-hybridized carbons (Fsp3) is 0.0714. The monoisotopic (exact) mass is 255 g/mol. The minimum atomic E-state index is -0.686. The number of aromatic nitrogens is 1. The van der Waals surface area contributed by atoms with Crippen molar-refractivity contribution in [1.29, 1.82) is 0 Å². The third-order valence-corrected chi connectivity index (χ3v) is 2.70. The van der Waals surface area contributed by atoms with Gasteiger partial charge in [0.05, 0.1) is 0 Å². The molecular formula is C14H13N3O2. The van der Waals surface area contributed by atoms with Gasteiger partial charge in [-0.2, -0.15) is 0 Å². The molecule has 4 N–H and O–H groups in total. The van der Waals surface area contributed by atoms with Crippen LogP contribution in [0.5, 0.6) is 0 Å². The second-order valence-corrected chi connectivity index (χ2v) is 4.10. The van der Waals surface area contributed by atoms with Crippen molar-refractivity contribution in [3.63, 3.8) is 0 Å². The fourth-order valence-electron chi connectivity index (χ4n) is 1.80. The smallest absolute Gasteiger partial charge is 0.267 e. The van der Waals surface area contributed by atoms with E-state index >= 15 is 0 Å². The van der Waals surface area contributed by atoms with E-state index in [1.54, 1.807) is 6.07 Å². The first kappa shape index (κ1) is 12.8. The highest BCUT2D eigenvalue weighted by Crippen LogP contribution is 2.13. The second-order valence-electron chi connectivity index (χ2n) is 4.10. The van der Waals surface area contributed by atoms with Crippen LogP contribution in [-0.4, -0.2) is 16.8 Å². The fourth-order valence-corrected chi connectivity index (χ4v) is 1.80. The van der Waals surface area contributed by atoms with E-state index < -0.39 is 11.8 Å². The third kappa shape index (κ3) is 2.95. The van der Waals surface area contributed by atoms with Crippen molar-refractivity contribution in [2.75, 3.05) is 0 Å². The van der Waals surface area contributed by atoms with Crippen LogP contribution in [0, 0.1) is 0 Å². The molecule has 0 saturated heterocycles. The van der Waals surface area contributed by atoms with Crippen molar-refractivity contribution < 1.29 is 9.59 Å². The summed E-state index contributed by atoms with van der Waals surface area (Å²) in [5, 5.41) is 0. The van der Waals surface area contributed by atoms with E-state index in [1.807, 2.05) is 30.3 Å². The van der Waals surface area contributed by atoms with E-state index in [0.29, 0.717) is 12.0 Å². The number of amides is 2. The maximum Gasteiger partial charge on any atom is 0.267 e. The van der Waals surface area contributed by atoms with Crippen LogP contribution in [0.15, 0.2) is 42.5 Å². The summed E-state index contributed by atoms with van der Waals surface area (Å²) in [5.41, 5.74) is 12.2. The summed E-state index contributed by atoms with van der Waals surface area (Å²) >= 11 is 0. The predicted molar refractivity (Wildman–Crippen MR) is 70.5 cm³/mol. The minimum absolute atomic E-state index is 0.0330. The highest BCUT2D eigenvalue weighted by molar-refractivity contribution is 5.96. The van der Waals surface area contributed by atoms with Gasteiger partial charge in [0.25, 0.3) is 11.8 Å². The molecule has 96 valence electrons. The summed E-state index contributed by atoms with van der Waals surface area (Å²) in [6, 6.07) is 12.7. The van der Waals surface area contributed by atoms with E-state index in [1.165, 1.54) is 6.07 Å². The van der Waals surface area contributed by atoms with Gasteiger partial charge in [-0.05, 0) is 23.6 Å². The van der Waals surface area contributed by atoms with Crippen molar-refractivity contribution in [3.05, 3.63) is 65.0 Å². The number of nitrogens with zero attached hydrogens (tertiary/aromatic N) is 1. The summed E-state index contributed by atoms with van der Waals surface area (Å²) in [5.74, 6) is -1.36. The highest BCUT2D eigenvalue weighted by atomic mass is 16.1. The molecule has 19 heavy (non-hydrogen) atoms. The topological polar surface area (TPSA) is 99.1 Å². The summed E-state index contributed by atoms with van der Waals surface area (Å²) < 4.78 is 0. The maximum atomic E-state index is 11.4. The Morgan fingerprint density at radius 1 is 0.947 bits per heavy atom. The number of hydrogen-bond donors (Lipinski definition) is 2. The van der Waals surface area contributed by atoms with Crippen LogP contribution in [-0.2, 0) is 6.42 Å². The zero-order chi connectivity index (χ0) is 13.8. The van der Waals surface area contributed by atoms with E-state index in [0.717, 1.165) is 5.56 Å². The van der Waals surface area contributed by atoms with Crippen LogP contribution in [0.1, 0.15) is 32.1 Å². The summed E-state index contributed by atoms with van der Waals surface area (Å²) in [6.07, 6.45) is 0.519. The number of hydrogen-bond acceptors (Lipinski definition) is 3. The molecule has 2 amide bonds. The molecule has 5 nitrogen and oxygen atoms in total. The summed E-state index contributed by atoms with van der Waals surface area (Å²) in [7, 11) is 0. The third-order valence-electron chi connectivity index (χ3n) is 2.70. The SMILES string of the molecule is NC(=O)c1ccc(Cc2ccccc2)c(C(N)=O)n1. The Kier molecular flexibility index (Phi) is 3.56. The Bertz CT molecular complexity index is 624. The average molecular weight is 255 g/mol. The van der Waals surface area contributed by atoms with Gasteiger partial charge in [-0.3, -0.25) is 9.59 Å². The Morgan fingerprint density at radius 2 is 1.63 bits per heavy atom. The van der Waals surface area contributed by atoms with E-state index in [2.05, 4.69) is 4.98 Å². The molecule has 0 unspecified atom stereocenters. The molecule has 2 rings (SSSR count). The molecule has 0 atom stereocenters. The van der Waals surface area contributed by atoms with Gasteiger partial charge >= 0.3 is 0 Å². The Hall–Kier alpha value is -2.69. The van der Waals surface area contributed by atoms with E-state index in [4.69, 9.17) is 11.5 Å². The molecule has 0 radical (unpaired) electrons. The van der Waals surface area contributed by atoms with Gasteiger partial charge in [0.1, 0.15) is 11.4 Å². The molecule has 1 aromatic heterocycles. The summed E-state index contributed by atoms with van der Waals surface area (Å²) in [4.78, 5) is 26.4. The molecule has 5 heteroatoms. The van der Waals surface area contributed by atoms with Crippen LogP contribution in [0.4, 0.5) is 0 Å². The van der Waals surface area contributed by atoms with Crippen molar-refractivity contribution in [3.8, 4) is 0 Å². The average Bonchev–Trinajstić information content (AvgIpc) is 2.39. The predicted octanol–water partition coefficient (Wildman–Crippen LogP) is 0.870. The lowest BCUT2D eigenvalue weighted by Crippen LogP contribution is -2.20. The van der Waals surface area contributed by atoms with Crippen LogP contribution >= 0.6 is 0 Å². The lowest BCUT2D eigenvalue weighted by Gasteiger charge is -2.07. The van der Waals surface area contributed by atoms with Gasteiger partial charge < -0.3 is 11.5 Å². The van der Waals surface area contributed by atoms with Gasteiger partial charge in [-0.25, -0.2) is 4.98 Å². The lowest BCUT2D eigenvalue weighted by molar-refractivity contribution is 0.0991. The second kappa shape index (κ2) is 5.30. The molecule has 1 heterocycles. The molecule has 0 spiro atoms. The van der Waals surface area contributed by atoms with Gasteiger partial charge in [0.15, 0.2) is 0 Å². The Morgan fingerprint density at radius 3 is 2.21 bits per heavy atom. The van der Waals surface area contributed by atoms with Crippen molar-refractivity contribution in [1.82, 2.24) is 4.98 Å². The van der Waals surface area contributed by atoms with Crippen LogP contribution in [0.3, 0.4) is 0 Å². The highest BCUT2D eigenvalue weighted by Gasteiger charge is 2.13. The first-order valence-corrected chi connectivity index (χ1v) is 5.71. The van der Waals surface area contributed by atoms with Gasteiger partial charge in [-0.15, -0.1) is 0 Å². The standard InChI is InChI=1S/C14H13N3O2/c15-13(18)11-7-6-10(12(17-11)14(16)19)8-9-4-2-1-3-5-9/h1-7H,8H2,(H2,15,18)(H2,16,19). The molecule has 2 aromatic rings. The lowest BCUT2D eigenvalue weighted by atomic mass is 10.0. The first-order valence-electron chi connectivity index (χ1n) is 5.71. The van der Waals surface area contributed by atoms with Gasteiger partial charge in [0, 0.05) is 0 Å². The normalized spacial score (nSPS) is 10.1. The number of carbonyl (C=O) groups excluding carboxylic acids is 2. The number of primary amides is 2. The quantitative estimate of drug-likeness (QED) is 0.847.